The quantitative estimate of drug-likeness (QED) is 0.424. The first-order valence-corrected chi connectivity index (χ1v) is 10.4. The van der Waals surface area contributed by atoms with Gasteiger partial charge in [0.2, 0.25) is 0 Å². The number of imide groups is 1. The van der Waals surface area contributed by atoms with Gasteiger partial charge in [-0.3, -0.25) is 19.3 Å². The minimum Gasteiger partial charge on any atom is -0.478 e. The Morgan fingerprint density at radius 1 is 1.03 bits per heavy atom. The van der Waals surface area contributed by atoms with E-state index in [2.05, 4.69) is 0 Å². The smallest absolute Gasteiger partial charge is 0.335 e. The lowest BCUT2D eigenvalue weighted by Crippen LogP contribution is -2.33. The summed E-state index contributed by atoms with van der Waals surface area (Å²) >= 11 is 0.737. The van der Waals surface area contributed by atoms with Gasteiger partial charge in [0, 0.05) is 17.2 Å². The fourth-order valence-electron chi connectivity index (χ4n) is 3.22. The number of aryl methyl sites for hydroxylation is 1. The Labute approximate surface area is 187 Å². The third kappa shape index (κ3) is 4.26. The molecule has 1 saturated heterocycles. The van der Waals surface area contributed by atoms with Crippen molar-refractivity contribution in [3.63, 3.8) is 0 Å². The van der Waals surface area contributed by atoms with Gasteiger partial charge in [0.1, 0.15) is 11.5 Å². The van der Waals surface area contributed by atoms with Crippen molar-refractivity contribution in [2.24, 2.45) is 0 Å². The van der Waals surface area contributed by atoms with E-state index < -0.39 is 17.1 Å². The zero-order chi connectivity index (χ0) is 22.8. The molecule has 0 atom stereocenters. The summed E-state index contributed by atoms with van der Waals surface area (Å²) in [5.41, 5.74) is 2.00. The van der Waals surface area contributed by atoms with E-state index in [4.69, 9.17) is 4.42 Å². The molecule has 1 aliphatic rings. The summed E-state index contributed by atoms with van der Waals surface area (Å²) < 4.78 is 5.78. The van der Waals surface area contributed by atoms with Crippen LogP contribution in [0.15, 0.2) is 70.0 Å². The van der Waals surface area contributed by atoms with Crippen LogP contribution in [-0.4, -0.2) is 39.5 Å². The summed E-state index contributed by atoms with van der Waals surface area (Å²) in [5.74, 6) is -1.17. The molecule has 1 aliphatic heterocycles. The van der Waals surface area contributed by atoms with Gasteiger partial charge in [-0.15, -0.1) is 0 Å². The molecule has 0 radical (unpaired) electrons. The van der Waals surface area contributed by atoms with E-state index in [1.54, 1.807) is 48.5 Å². The maximum absolute atomic E-state index is 12.7. The molecule has 1 fully saturated rings. The maximum Gasteiger partial charge on any atom is 0.335 e. The number of aromatic carboxylic acids is 1. The highest BCUT2D eigenvalue weighted by molar-refractivity contribution is 8.18. The number of carbonyl (C=O) groups is 4. The largest absolute Gasteiger partial charge is 0.478 e. The lowest BCUT2D eigenvalue weighted by atomic mass is 10.0. The molecule has 0 bridgehead atoms. The van der Waals surface area contributed by atoms with Crippen LogP contribution >= 0.6 is 11.8 Å². The first kappa shape index (κ1) is 21.3. The number of hydrogen-bond acceptors (Lipinski definition) is 6. The Balaban J connectivity index is 1.54. The van der Waals surface area contributed by atoms with Gasteiger partial charge >= 0.3 is 5.97 Å². The lowest BCUT2D eigenvalue weighted by molar-refractivity contribution is -0.122. The fourth-order valence-corrected chi connectivity index (χ4v) is 4.04. The van der Waals surface area contributed by atoms with Gasteiger partial charge in [0.05, 0.1) is 17.0 Å². The van der Waals surface area contributed by atoms with Crippen molar-refractivity contribution in [3.8, 4) is 11.3 Å². The predicted molar refractivity (Wildman–Crippen MR) is 119 cm³/mol. The number of thioether (sulfide) groups is 1. The second-order valence-corrected chi connectivity index (χ2v) is 8.09. The molecule has 32 heavy (non-hydrogen) atoms. The molecule has 1 aromatic heterocycles. The van der Waals surface area contributed by atoms with Crippen LogP contribution in [-0.2, 0) is 4.79 Å². The number of carbonyl (C=O) groups excluding carboxylic acids is 3. The van der Waals surface area contributed by atoms with Crippen LogP contribution in [0.1, 0.15) is 32.0 Å². The van der Waals surface area contributed by atoms with E-state index >= 15 is 0 Å². The van der Waals surface area contributed by atoms with Gasteiger partial charge < -0.3 is 9.52 Å². The lowest BCUT2D eigenvalue weighted by Gasteiger charge is -2.11. The highest BCUT2D eigenvalue weighted by Crippen LogP contribution is 2.34. The molecule has 4 rings (SSSR count). The SMILES string of the molecule is Cc1ccc(C(=O)O)cc1-c1ccc(/C=C2\SC(=O)N(CC(=O)c3ccccc3)C2=O)o1. The molecule has 0 saturated carbocycles. The second kappa shape index (κ2) is 8.68. The predicted octanol–water partition coefficient (Wildman–Crippen LogP) is 4.87. The highest BCUT2D eigenvalue weighted by atomic mass is 32.2. The first-order valence-electron chi connectivity index (χ1n) is 9.61. The zero-order valence-electron chi connectivity index (χ0n) is 16.9. The molecule has 160 valence electrons. The van der Waals surface area contributed by atoms with Crippen LogP contribution in [0.2, 0.25) is 0 Å². The number of carboxylic acid groups (broad SMARTS) is 1. The van der Waals surface area contributed by atoms with Crippen molar-refractivity contribution in [2.75, 3.05) is 6.54 Å². The van der Waals surface area contributed by atoms with E-state index in [-0.39, 0.29) is 22.8 Å². The van der Waals surface area contributed by atoms with Gasteiger partial charge in [-0.05, 0) is 48.5 Å². The zero-order valence-corrected chi connectivity index (χ0v) is 17.7. The molecule has 2 aromatic carbocycles. The second-order valence-electron chi connectivity index (χ2n) is 7.09. The van der Waals surface area contributed by atoms with Crippen molar-refractivity contribution in [1.29, 1.82) is 0 Å². The third-order valence-corrected chi connectivity index (χ3v) is 5.83. The van der Waals surface area contributed by atoms with Gasteiger partial charge in [-0.1, -0.05) is 36.4 Å². The van der Waals surface area contributed by atoms with Crippen molar-refractivity contribution in [3.05, 3.63) is 88.0 Å². The number of hydrogen-bond donors (Lipinski definition) is 1. The Morgan fingerprint density at radius 2 is 1.78 bits per heavy atom. The van der Waals surface area contributed by atoms with E-state index in [1.165, 1.54) is 18.2 Å². The highest BCUT2D eigenvalue weighted by Gasteiger charge is 2.36. The van der Waals surface area contributed by atoms with Gasteiger partial charge in [0.15, 0.2) is 5.78 Å². The summed E-state index contributed by atoms with van der Waals surface area (Å²) in [7, 11) is 0. The molecule has 3 aromatic rings. The molecule has 2 amide bonds. The number of furan rings is 1. The van der Waals surface area contributed by atoms with E-state index in [0.717, 1.165) is 22.2 Å². The summed E-state index contributed by atoms with van der Waals surface area (Å²) in [6.45, 7) is 1.49. The standard InChI is InChI=1S/C24H17NO6S/c1-14-7-8-16(23(28)29)11-18(14)20-10-9-17(31-20)12-21-22(27)25(24(30)32-21)13-19(26)15-5-3-2-4-6-15/h2-12H,13H2,1H3,(H,28,29)/b21-12-. The number of Topliss-reactive ketones (excluding diaryl/α,β-unsaturated/α-hetero) is 1. The van der Waals surface area contributed by atoms with Crippen LogP contribution < -0.4 is 0 Å². The number of nitrogens with zero attached hydrogens (tertiary/aromatic N) is 1. The van der Waals surface area contributed by atoms with E-state index in [9.17, 15) is 24.3 Å². The normalized spacial score (nSPS) is 14.9. The van der Waals surface area contributed by atoms with Gasteiger partial charge in [-0.25, -0.2) is 4.79 Å². The number of benzene rings is 2. The Hall–Kier alpha value is -3.91. The minimum atomic E-state index is -1.04. The number of rotatable bonds is 6. The molecule has 0 spiro atoms. The topological polar surface area (TPSA) is 105 Å². The average molecular weight is 447 g/mol. The monoisotopic (exact) mass is 447 g/mol. The number of amides is 2. The van der Waals surface area contributed by atoms with Gasteiger partial charge in [0.25, 0.3) is 11.1 Å². The fraction of sp³-hybridized carbons (Fsp3) is 0.0833. The molecule has 7 nitrogen and oxygen atoms in total. The molecule has 0 unspecified atom stereocenters. The van der Waals surface area contributed by atoms with Gasteiger partial charge in [-0.2, -0.15) is 0 Å². The van der Waals surface area contributed by atoms with Crippen LogP contribution in [0.5, 0.6) is 0 Å². The van der Waals surface area contributed by atoms with Crippen LogP contribution in [0.3, 0.4) is 0 Å². The third-order valence-electron chi connectivity index (χ3n) is 4.92. The summed E-state index contributed by atoms with van der Waals surface area (Å²) in [6.07, 6.45) is 1.44. The van der Waals surface area contributed by atoms with E-state index in [1.807, 2.05) is 6.92 Å². The maximum atomic E-state index is 12.7. The molecule has 2 heterocycles. The Kier molecular flexibility index (Phi) is 5.79. The van der Waals surface area contributed by atoms with Crippen molar-refractivity contribution < 1.29 is 28.7 Å². The molecule has 1 N–H and O–H groups in total. The summed E-state index contributed by atoms with van der Waals surface area (Å²) in [6, 6.07) is 16.5. The Morgan fingerprint density at radius 3 is 2.50 bits per heavy atom. The van der Waals surface area contributed by atoms with Crippen LogP contribution in [0, 0.1) is 6.92 Å². The Bertz CT molecular complexity index is 1270. The molecule has 8 heteroatoms. The summed E-state index contributed by atoms with van der Waals surface area (Å²) in [4.78, 5) is 49.7. The van der Waals surface area contributed by atoms with Crippen LogP contribution in [0.4, 0.5) is 4.79 Å². The average Bonchev–Trinajstić information content (AvgIpc) is 3.34. The molecular formula is C24H17NO6S. The summed E-state index contributed by atoms with van der Waals surface area (Å²) in [5, 5.41) is 8.69. The van der Waals surface area contributed by atoms with Crippen LogP contribution in [0.25, 0.3) is 17.4 Å². The molecular weight excluding hydrogens is 430 g/mol. The van der Waals surface area contributed by atoms with E-state index in [0.29, 0.717) is 22.6 Å². The number of carboxylic acids is 1. The van der Waals surface area contributed by atoms with Crippen molar-refractivity contribution >= 4 is 40.7 Å². The van der Waals surface area contributed by atoms with Crippen molar-refractivity contribution in [2.45, 2.75) is 6.92 Å². The van der Waals surface area contributed by atoms with Crippen molar-refractivity contribution in [1.82, 2.24) is 4.90 Å². The molecule has 0 aliphatic carbocycles. The number of ketones is 1. The first-order chi connectivity index (χ1) is 15.3. The minimum absolute atomic E-state index is 0.132.